The van der Waals surface area contributed by atoms with Crippen LogP contribution in [0.4, 0.5) is 0 Å². The van der Waals surface area contributed by atoms with Gasteiger partial charge in [0.15, 0.2) is 0 Å². The first-order chi connectivity index (χ1) is 15.5. The number of esters is 1. The van der Waals surface area contributed by atoms with Gasteiger partial charge in [-0.1, -0.05) is 37.6 Å². The maximum Gasteiger partial charge on any atom is 0.336 e. The van der Waals surface area contributed by atoms with Crippen LogP contribution in [0.15, 0.2) is 41.1 Å². The van der Waals surface area contributed by atoms with E-state index in [2.05, 4.69) is 9.71 Å². The van der Waals surface area contributed by atoms with Gasteiger partial charge in [0.05, 0.1) is 11.6 Å². The molecule has 2 aliphatic rings. The standard InChI is InChI=1S/C21H26ClN5O5S/c1-12(2)9-15(18(29)32-20-24-21(19(23)30,25-33-20)26(3)4)27-11-13(10-17(27)28)31-16-8-6-5-7-14(16)22/h5-8,10,12,15,25H,9,11H2,1-4H3,(H2,23,30). The van der Waals surface area contributed by atoms with E-state index in [1.54, 1.807) is 38.4 Å². The summed E-state index contributed by atoms with van der Waals surface area (Å²) >= 11 is 7.01. The van der Waals surface area contributed by atoms with Gasteiger partial charge in [-0.25, -0.2) is 9.52 Å². The number of nitrogens with zero attached hydrogens (tertiary/aromatic N) is 3. The van der Waals surface area contributed by atoms with Crippen LogP contribution in [0.5, 0.6) is 5.75 Å². The fraction of sp³-hybridized carbons (Fsp3) is 0.429. The molecule has 0 aliphatic carbocycles. The van der Waals surface area contributed by atoms with Crippen LogP contribution < -0.4 is 15.2 Å². The predicted octanol–water partition coefficient (Wildman–Crippen LogP) is 1.71. The molecular formula is C21H26ClN5O5S. The van der Waals surface area contributed by atoms with E-state index in [9.17, 15) is 14.4 Å². The largest absolute Gasteiger partial charge is 0.458 e. The van der Waals surface area contributed by atoms with E-state index in [0.717, 1.165) is 11.9 Å². The van der Waals surface area contributed by atoms with Crippen LogP contribution in [-0.4, -0.2) is 65.3 Å². The quantitative estimate of drug-likeness (QED) is 0.412. The third-order valence-electron chi connectivity index (χ3n) is 5.03. The van der Waals surface area contributed by atoms with Crippen LogP contribution >= 0.6 is 23.5 Å². The van der Waals surface area contributed by atoms with Crippen molar-refractivity contribution in [2.45, 2.75) is 32.1 Å². The van der Waals surface area contributed by atoms with Crippen LogP contribution in [0.1, 0.15) is 20.3 Å². The fourth-order valence-electron chi connectivity index (χ4n) is 3.31. The Kier molecular flexibility index (Phi) is 7.68. The minimum atomic E-state index is -1.53. The Balaban J connectivity index is 1.75. The summed E-state index contributed by atoms with van der Waals surface area (Å²) in [6.45, 7) is 3.95. The van der Waals surface area contributed by atoms with Crippen molar-refractivity contribution in [2.24, 2.45) is 16.6 Å². The molecule has 1 aromatic carbocycles. The number of amides is 2. The highest BCUT2D eigenvalue weighted by atomic mass is 35.5. The van der Waals surface area contributed by atoms with Gasteiger partial charge in [0.1, 0.15) is 17.6 Å². The molecule has 0 bridgehead atoms. The number of likely N-dealkylation sites (N-methyl/N-ethyl adjacent to an activating group) is 1. The number of primary amides is 1. The second-order valence-corrected chi connectivity index (χ2v) is 9.35. The molecule has 0 aromatic heterocycles. The lowest BCUT2D eigenvalue weighted by Gasteiger charge is -2.28. The molecular weight excluding hydrogens is 470 g/mol. The maximum absolute atomic E-state index is 13.1. The van der Waals surface area contributed by atoms with Crippen LogP contribution in [0, 0.1) is 5.92 Å². The Morgan fingerprint density at radius 3 is 2.64 bits per heavy atom. The van der Waals surface area contributed by atoms with E-state index in [1.165, 1.54) is 15.9 Å². The Morgan fingerprint density at radius 2 is 2.06 bits per heavy atom. The molecule has 10 nitrogen and oxygen atoms in total. The van der Waals surface area contributed by atoms with Crippen molar-refractivity contribution in [1.29, 1.82) is 0 Å². The summed E-state index contributed by atoms with van der Waals surface area (Å²) in [4.78, 5) is 44.7. The van der Waals surface area contributed by atoms with Gasteiger partial charge in [0.25, 0.3) is 22.8 Å². The first-order valence-electron chi connectivity index (χ1n) is 10.2. The van der Waals surface area contributed by atoms with Crippen molar-refractivity contribution in [3.05, 3.63) is 41.1 Å². The Morgan fingerprint density at radius 1 is 1.36 bits per heavy atom. The van der Waals surface area contributed by atoms with Crippen molar-refractivity contribution in [1.82, 2.24) is 14.5 Å². The summed E-state index contributed by atoms with van der Waals surface area (Å²) in [6, 6.07) is 6.02. The molecule has 3 rings (SSSR count). The minimum Gasteiger partial charge on any atom is -0.458 e. The first kappa shape index (κ1) is 25.0. The lowest BCUT2D eigenvalue weighted by atomic mass is 10.0. The van der Waals surface area contributed by atoms with E-state index < -0.39 is 23.7 Å². The highest BCUT2D eigenvalue weighted by Gasteiger charge is 2.46. The van der Waals surface area contributed by atoms with Gasteiger partial charge in [-0.15, -0.1) is 0 Å². The van der Waals surface area contributed by atoms with Crippen molar-refractivity contribution in [3.63, 3.8) is 0 Å². The average Bonchev–Trinajstić information content (AvgIpc) is 3.32. The molecule has 0 fully saturated rings. The van der Waals surface area contributed by atoms with Gasteiger partial charge in [-0.05, 0) is 38.6 Å². The number of carbonyl (C=O) groups is 3. The van der Waals surface area contributed by atoms with Crippen LogP contribution in [0.25, 0.3) is 0 Å². The number of nitrogens with one attached hydrogen (secondary N) is 1. The van der Waals surface area contributed by atoms with Gasteiger partial charge in [0.2, 0.25) is 0 Å². The zero-order valence-electron chi connectivity index (χ0n) is 18.7. The Labute approximate surface area is 201 Å². The zero-order chi connectivity index (χ0) is 24.3. The highest BCUT2D eigenvalue weighted by Crippen LogP contribution is 2.29. The normalized spacial score (nSPS) is 21.3. The van der Waals surface area contributed by atoms with Crippen molar-refractivity contribution in [3.8, 4) is 5.75 Å². The van der Waals surface area contributed by atoms with E-state index in [-0.39, 0.29) is 23.6 Å². The van der Waals surface area contributed by atoms with Crippen molar-refractivity contribution >= 4 is 46.6 Å². The molecule has 12 heteroatoms. The maximum atomic E-state index is 13.1. The summed E-state index contributed by atoms with van der Waals surface area (Å²) in [6.07, 6.45) is 1.69. The third kappa shape index (κ3) is 5.49. The number of ether oxygens (including phenoxy) is 2. The van der Waals surface area contributed by atoms with Crippen LogP contribution in [0.3, 0.4) is 0 Å². The van der Waals surface area contributed by atoms with Crippen molar-refractivity contribution in [2.75, 3.05) is 20.6 Å². The summed E-state index contributed by atoms with van der Waals surface area (Å²) in [5, 5.41) is 0.346. The van der Waals surface area contributed by atoms with E-state index >= 15 is 0 Å². The second kappa shape index (κ2) is 10.1. The number of halogens is 1. The molecule has 3 N–H and O–H groups in total. The molecule has 1 aromatic rings. The number of carbonyl (C=O) groups excluding carboxylic acids is 3. The molecule has 2 unspecified atom stereocenters. The monoisotopic (exact) mass is 495 g/mol. The molecule has 2 heterocycles. The number of hydrogen-bond acceptors (Lipinski definition) is 9. The van der Waals surface area contributed by atoms with E-state index in [4.69, 9.17) is 26.8 Å². The average molecular weight is 496 g/mol. The molecule has 2 atom stereocenters. The summed E-state index contributed by atoms with van der Waals surface area (Å²) in [5.74, 6) is -2.46. The van der Waals surface area contributed by atoms with E-state index in [1.807, 2.05) is 13.8 Å². The molecule has 0 radical (unpaired) electrons. The van der Waals surface area contributed by atoms with E-state index in [0.29, 0.717) is 23.0 Å². The van der Waals surface area contributed by atoms with Gasteiger partial charge < -0.3 is 20.1 Å². The molecule has 2 aliphatic heterocycles. The second-order valence-electron chi connectivity index (χ2n) is 8.19. The molecule has 33 heavy (non-hydrogen) atoms. The number of para-hydroxylation sites is 1. The first-order valence-corrected chi connectivity index (χ1v) is 11.4. The number of rotatable bonds is 8. The number of benzene rings is 1. The predicted molar refractivity (Wildman–Crippen MR) is 125 cm³/mol. The molecule has 0 saturated heterocycles. The number of nitrogens with two attached hydrogens (primary N) is 1. The number of hydrogen-bond donors (Lipinski definition) is 2. The molecule has 2 amide bonds. The van der Waals surface area contributed by atoms with Gasteiger partial charge >= 0.3 is 5.97 Å². The van der Waals surface area contributed by atoms with Gasteiger partial charge in [-0.3, -0.25) is 14.5 Å². The van der Waals surface area contributed by atoms with Gasteiger partial charge in [0, 0.05) is 18.0 Å². The highest BCUT2D eigenvalue weighted by molar-refractivity contribution is 8.12. The molecule has 0 saturated carbocycles. The summed E-state index contributed by atoms with van der Waals surface area (Å²) in [7, 11) is 3.23. The van der Waals surface area contributed by atoms with Crippen LogP contribution in [-0.2, 0) is 19.1 Å². The molecule has 0 spiro atoms. The summed E-state index contributed by atoms with van der Waals surface area (Å²) < 4.78 is 14.0. The Hall–Kier alpha value is -2.60. The van der Waals surface area contributed by atoms with Crippen molar-refractivity contribution < 1.29 is 23.9 Å². The Bertz CT molecular complexity index is 1010. The molecule has 178 valence electrons. The topological polar surface area (TPSA) is 127 Å². The van der Waals surface area contributed by atoms with Gasteiger partial charge in [-0.2, -0.15) is 4.99 Å². The van der Waals surface area contributed by atoms with Crippen LogP contribution in [0.2, 0.25) is 5.02 Å². The zero-order valence-corrected chi connectivity index (χ0v) is 20.3. The number of aliphatic imine (C=N–C) groups is 1. The minimum absolute atomic E-state index is 0.0617. The lowest BCUT2D eigenvalue weighted by molar-refractivity contribution is -0.146. The SMILES string of the molecule is CC(C)CC(C(=O)OC1=NC(C(N)=O)(N(C)C)NS1)N1CC(Oc2ccccc2Cl)=CC1=O. The third-order valence-corrected chi connectivity index (χ3v) is 6.08. The lowest BCUT2D eigenvalue weighted by Crippen LogP contribution is -2.59. The smallest absolute Gasteiger partial charge is 0.336 e. The summed E-state index contributed by atoms with van der Waals surface area (Å²) in [5.41, 5.74) is 5.47. The fourth-order valence-corrected chi connectivity index (χ4v) is 4.35.